The lowest BCUT2D eigenvalue weighted by Gasteiger charge is -2.11. The average Bonchev–Trinajstić information content (AvgIpc) is 2.26. The fourth-order valence-corrected chi connectivity index (χ4v) is 1.34. The molecular weight excluding hydrogens is 273 g/mol. The van der Waals surface area contributed by atoms with Crippen LogP contribution in [0.5, 0.6) is 0 Å². The Hall–Kier alpha value is -0.780. The maximum absolute atomic E-state index is 11.2. The highest BCUT2D eigenvalue weighted by Gasteiger charge is 2.14. The Kier molecular flexibility index (Phi) is 5.05. The first-order chi connectivity index (χ1) is 7.50. The van der Waals surface area contributed by atoms with Gasteiger partial charge >= 0.3 is 6.09 Å². The molecule has 1 unspecified atom stereocenters. The highest BCUT2D eigenvalue weighted by atomic mass is 35.7. The van der Waals surface area contributed by atoms with Crippen molar-refractivity contribution in [3.05, 3.63) is 34.9 Å². The zero-order valence-electron chi connectivity index (χ0n) is 8.35. The van der Waals surface area contributed by atoms with E-state index >= 15 is 0 Å². The van der Waals surface area contributed by atoms with Gasteiger partial charge in [-0.25, -0.2) is 13.3 Å². The van der Waals surface area contributed by atoms with Crippen molar-refractivity contribution in [3.8, 4) is 0 Å². The van der Waals surface area contributed by atoms with E-state index in [-0.39, 0.29) is 6.61 Å². The van der Waals surface area contributed by atoms with Crippen LogP contribution < -0.4 is 0 Å². The Morgan fingerprint density at radius 1 is 1.44 bits per heavy atom. The smallest absolute Gasteiger partial charge is 0.422 e. The number of nitrogens with zero attached hydrogens (tertiary/aromatic N) is 1. The molecule has 0 radical (unpaired) electrons. The Bertz CT molecular complexity index is 396. The zero-order chi connectivity index (χ0) is 12.1. The molecule has 7 heteroatoms. The van der Waals surface area contributed by atoms with Crippen LogP contribution in [0.1, 0.15) is 5.56 Å². The van der Waals surface area contributed by atoms with Gasteiger partial charge in [0.15, 0.2) is 0 Å². The lowest BCUT2D eigenvalue weighted by molar-refractivity contribution is 0.125. The van der Waals surface area contributed by atoms with Gasteiger partial charge in [-0.15, -0.1) is 0 Å². The number of carbonyl (C=O) groups is 1. The molecule has 88 valence electrons. The molecule has 1 rings (SSSR count). The van der Waals surface area contributed by atoms with E-state index in [1.165, 1.54) is 7.05 Å². The monoisotopic (exact) mass is 281 g/mol. The number of halogens is 2. The van der Waals surface area contributed by atoms with Gasteiger partial charge in [-0.05, 0) is 17.7 Å². The largest absolute Gasteiger partial charge is 0.444 e. The van der Waals surface area contributed by atoms with Crippen LogP contribution in [0.4, 0.5) is 4.79 Å². The van der Waals surface area contributed by atoms with Gasteiger partial charge < -0.3 is 4.74 Å². The van der Waals surface area contributed by atoms with Crippen molar-refractivity contribution in [3.63, 3.8) is 0 Å². The van der Waals surface area contributed by atoms with Crippen LogP contribution in [-0.4, -0.2) is 21.7 Å². The van der Waals surface area contributed by atoms with Gasteiger partial charge in [0.1, 0.15) is 6.61 Å². The predicted octanol–water partition coefficient (Wildman–Crippen LogP) is 2.73. The van der Waals surface area contributed by atoms with Gasteiger partial charge in [0.05, 0.1) is 0 Å². The lowest BCUT2D eigenvalue weighted by atomic mass is 10.2. The van der Waals surface area contributed by atoms with Gasteiger partial charge in [0, 0.05) is 22.8 Å². The number of rotatable bonds is 3. The number of amides is 1. The second-order valence-corrected chi connectivity index (χ2v) is 5.07. The first kappa shape index (κ1) is 13.3. The van der Waals surface area contributed by atoms with E-state index in [2.05, 4.69) is 0 Å². The lowest BCUT2D eigenvalue weighted by Crippen LogP contribution is -2.26. The van der Waals surface area contributed by atoms with Gasteiger partial charge in [0.2, 0.25) is 10.2 Å². The van der Waals surface area contributed by atoms with Crippen LogP contribution in [-0.2, 0) is 21.5 Å². The minimum absolute atomic E-state index is 0.0778. The first-order valence-corrected chi connectivity index (χ1v) is 6.55. The second kappa shape index (κ2) is 6.08. The van der Waals surface area contributed by atoms with E-state index in [4.69, 9.17) is 27.0 Å². The molecule has 0 spiro atoms. The maximum Gasteiger partial charge on any atom is 0.422 e. The molecule has 0 saturated heterocycles. The van der Waals surface area contributed by atoms with Crippen molar-refractivity contribution in [2.24, 2.45) is 0 Å². The summed E-state index contributed by atoms with van der Waals surface area (Å²) in [7, 11) is 4.60. The summed E-state index contributed by atoms with van der Waals surface area (Å²) >= 11 is 5.69. The molecule has 0 N–H and O–H groups in total. The van der Waals surface area contributed by atoms with Crippen molar-refractivity contribution in [1.29, 1.82) is 0 Å². The summed E-state index contributed by atoms with van der Waals surface area (Å²) in [4.78, 5) is 11.2. The topological polar surface area (TPSA) is 46.6 Å². The summed E-state index contributed by atoms with van der Waals surface area (Å²) in [6, 6.07) is 6.84. The van der Waals surface area contributed by atoms with Gasteiger partial charge in [-0.3, -0.25) is 0 Å². The maximum atomic E-state index is 11.2. The highest BCUT2D eigenvalue weighted by Crippen LogP contribution is 2.11. The Morgan fingerprint density at radius 2 is 2.00 bits per heavy atom. The standard InChI is InChI=1S/C9H9Cl2NO3S/c1-12(16(11)14)9(13)15-6-7-2-4-8(10)5-3-7/h2-5H,6H2,1H3. The molecule has 1 atom stereocenters. The van der Waals surface area contributed by atoms with Crippen LogP contribution >= 0.6 is 22.3 Å². The number of ether oxygens (including phenoxy) is 1. The number of hydrogen-bond acceptors (Lipinski definition) is 3. The van der Waals surface area contributed by atoms with Crippen LogP contribution in [0.25, 0.3) is 0 Å². The minimum Gasteiger partial charge on any atom is -0.444 e. The van der Waals surface area contributed by atoms with E-state index < -0.39 is 16.3 Å². The van der Waals surface area contributed by atoms with Gasteiger partial charge in [-0.2, -0.15) is 0 Å². The van der Waals surface area contributed by atoms with Gasteiger partial charge in [-0.1, -0.05) is 23.7 Å². The Morgan fingerprint density at radius 3 is 2.50 bits per heavy atom. The van der Waals surface area contributed by atoms with E-state index in [0.717, 1.165) is 9.87 Å². The zero-order valence-corrected chi connectivity index (χ0v) is 10.7. The van der Waals surface area contributed by atoms with Crippen LogP contribution in [0.2, 0.25) is 5.02 Å². The molecule has 4 nitrogen and oxygen atoms in total. The van der Waals surface area contributed by atoms with E-state index in [0.29, 0.717) is 5.02 Å². The minimum atomic E-state index is -1.89. The summed E-state index contributed by atoms with van der Waals surface area (Å²) in [6.07, 6.45) is -0.747. The summed E-state index contributed by atoms with van der Waals surface area (Å²) < 4.78 is 16.4. The van der Waals surface area contributed by atoms with E-state index in [1.807, 2.05) is 0 Å². The fourth-order valence-electron chi connectivity index (χ4n) is 0.875. The number of benzene rings is 1. The van der Waals surface area contributed by atoms with E-state index in [1.54, 1.807) is 24.3 Å². The normalized spacial score (nSPS) is 11.9. The molecule has 0 aliphatic heterocycles. The van der Waals surface area contributed by atoms with Crippen molar-refractivity contribution in [2.45, 2.75) is 6.61 Å². The predicted molar refractivity (Wildman–Crippen MR) is 63.4 cm³/mol. The molecule has 1 aromatic rings. The summed E-state index contributed by atoms with van der Waals surface area (Å²) in [5.74, 6) is 0. The number of hydrogen-bond donors (Lipinski definition) is 0. The highest BCUT2D eigenvalue weighted by molar-refractivity contribution is 8.06. The molecule has 0 aliphatic rings. The quantitative estimate of drug-likeness (QED) is 0.801. The SMILES string of the molecule is CN(C(=O)OCc1ccc(Cl)cc1)S(=O)Cl. The van der Waals surface area contributed by atoms with Crippen molar-refractivity contribution in [2.75, 3.05) is 7.05 Å². The van der Waals surface area contributed by atoms with Crippen LogP contribution in [0.3, 0.4) is 0 Å². The molecule has 1 amide bonds. The molecule has 0 saturated carbocycles. The van der Waals surface area contributed by atoms with Crippen molar-refractivity contribution in [1.82, 2.24) is 4.31 Å². The molecule has 0 bridgehead atoms. The molecular formula is C9H9Cl2NO3S. The third kappa shape index (κ3) is 4.00. The second-order valence-electron chi connectivity index (χ2n) is 2.89. The average molecular weight is 282 g/mol. The number of carbonyl (C=O) groups excluding carboxylic acids is 1. The molecule has 0 fully saturated rings. The Labute approximate surface area is 105 Å². The summed E-state index contributed by atoms with van der Waals surface area (Å²) in [6.45, 7) is 0.0778. The Balaban J connectivity index is 2.49. The molecule has 16 heavy (non-hydrogen) atoms. The third-order valence-corrected chi connectivity index (χ3v) is 3.20. The summed E-state index contributed by atoms with van der Waals surface area (Å²) in [5.41, 5.74) is 0.784. The van der Waals surface area contributed by atoms with Crippen LogP contribution in [0.15, 0.2) is 24.3 Å². The van der Waals surface area contributed by atoms with Crippen molar-refractivity contribution >= 4 is 38.6 Å². The first-order valence-electron chi connectivity index (χ1n) is 4.24. The fraction of sp³-hybridized carbons (Fsp3) is 0.222. The third-order valence-electron chi connectivity index (χ3n) is 1.75. The van der Waals surface area contributed by atoms with Crippen LogP contribution in [0, 0.1) is 0 Å². The molecule has 0 aliphatic carbocycles. The van der Waals surface area contributed by atoms with Crippen molar-refractivity contribution < 1.29 is 13.7 Å². The molecule has 1 aromatic carbocycles. The van der Waals surface area contributed by atoms with Gasteiger partial charge in [0.25, 0.3) is 0 Å². The molecule has 0 aromatic heterocycles. The summed E-state index contributed by atoms with van der Waals surface area (Å²) in [5, 5.41) is 0.606. The van der Waals surface area contributed by atoms with E-state index in [9.17, 15) is 9.00 Å². The molecule has 0 heterocycles.